The third kappa shape index (κ3) is 3.38. The number of carbonyl (C=O) groups excluding carboxylic acids is 1. The SMILES string of the molecule is CC(=O)Nc1cc2c(cn1)c(N1CC(F)(C#N)C1)nn2-c1nccc(C(C)(F)F)n1. The molecule has 0 spiro atoms. The minimum atomic E-state index is -3.19. The molecular formula is C18H15F3N8O. The van der Waals surface area contributed by atoms with Gasteiger partial charge in [0.1, 0.15) is 17.6 Å². The van der Waals surface area contributed by atoms with E-state index >= 15 is 0 Å². The molecule has 12 heteroatoms. The molecule has 1 saturated heterocycles. The number of nitriles is 1. The zero-order chi connectivity index (χ0) is 21.7. The molecule has 0 aliphatic carbocycles. The lowest BCUT2D eigenvalue weighted by Gasteiger charge is -2.40. The van der Waals surface area contributed by atoms with Crippen LogP contribution in [0.25, 0.3) is 16.9 Å². The number of aromatic nitrogens is 5. The Morgan fingerprint density at radius 2 is 2.10 bits per heavy atom. The van der Waals surface area contributed by atoms with Crippen molar-refractivity contribution in [2.75, 3.05) is 23.3 Å². The minimum Gasteiger partial charge on any atom is -0.346 e. The number of fused-ring (bicyclic) bond motifs is 1. The van der Waals surface area contributed by atoms with Crippen LogP contribution in [0.1, 0.15) is 19.5 Å². The van der Waals surface area contributed by atoms with Crippen LogP contribution in [0.4, 0.5) is 24.8 Å². The summed E-state index contributed by atoms with van der Waals surface area (Å²) in [5.41, 5.74) is -2.11. The molecule has 4 heterocycles. The Balaban J connectivity index is 1.86. The number of amides is 1. The van der Waals surface area contributed by atoms with Crippen molar-refractivity contribution in [3.63, 3.8) is 0 Å². The number of nitrogens with zero attached hydrogens (tertiary/aromatic N) is 7. The van der Waals surface area contributed by atoms with Gasteiger partial charge in [-0.1, -0.05) is 0 Å². The summed E-state index contributed by atoms with van der Waals surface area (Å²) in [5.74, 6) is -3.16. The van der Waals surface area contributed by atoms with Crippen molar-refractivity contribution < 1.29 is 18.0 Å². The molecular weight excluding hydrogens is 401 g/mol. The van der Waals surface area contributed by atoms with Crippen LogP contribution in [-0.2, 0) is 10.7 Å². The maximum absolute atomic E-state index is 14.1. The number of rotatable bonds is 4. The monoisotopic (exact) mass is 416 g/mol. The van der Waals surface area contributed by atoms with Gasteiger partial charge >= 0.3 is 0 Å². The first-order chi connectivity index (χ1) is 14.1. The van der Waals surface area contributed by atoms with Crippen molar-refractivity contribution in [2.24, 2.45) is 0 Å². The van der Waals surface area contributed by atoms with E-state index in [0.717, 1.165) is 6.07 Å². The van der Waals surface area contributed by atoms with E-state index in [2.05, 4.69) is 25.4 Å². The molecule has 0 atom stereocenters. The summed E-state index contributed by atoms with van der Waals surface area (Å²) in [6.45, 7) is 1.63. The van der Waals surface area contributed by atoms with Crippen LogP contribution in [0.2, 0.25) is 0 Å². The summed E-state index contributed by atoms with van der Waals surface area (Å²) < 4.78 is 42.8. The Morgan fingerprint density at radius 3 is 2.73 bits per heavy atom. The van der Waals surface area contributed by atoms with E-state index < -0.39 is 17.3 Å². The van der Waals surface area contributed by atoms with Crippen molar-refractivity contribution in [1.29, 1.82) is 5.26 Å². The van der Waals surface area contributed by atoms with Gasteiger partial charge in [0.15, 0.2) is 5.82 Å². The standard InChI is InChI=1S/C18H15F3N8O/c1-10(30)25-14-5-12-11(6-24-14)15(28-8-18(21,7-22)9-28)27-29(12)16-23-4-3-13(26-16)17(2,19)20/h3-6H,8-9H2,1-2H3,(H,24,25,30). The molecule has 1 aliphatic rings. The molecule has 0 unspecified atom stereocenters. The molecule has 30 heavy (non-hydrogen) atoms. The second-order valence-corrected chi connectivity index (χ2v) is 7.07. The van der Waals surface area contributed by atoms with Gasteiger partial charge in [-0.2, -0.15) is 18.7 Å². The lowest BCUT2D eigenvalue weighted by atomic mass is 9.98. The molecule has 9 nitrogen and oxygen atoms in total. The molecule has 154 valence electrons. The molecule has 0 bridgehead atoms. The first kappa shape index (κ1) is 19.6. The molecule has 4 rings (SSSR count). The highest BCUT2D eigenvalue weighted by Crippen LogP contribution is 2.35. The predicted octanol–water partition coefficient (Wildman–Crippen LogP) is 2.33. The third-order valence-electron chi connectivity index (χ3n) is 4.51. The zero-order valence-corrected chi connectivity index (χ0v) is 15.9. The molecule has 1 amide bonds. The van der Waals surface area contributed by atoms with Gasteiger partial charge in [0, 0.05) is 32.3 Å². The Morgan fingerprint density at radius 1 is 1.37 bits per heavy atom. The van der Waals surface area contributed by atoms with Crippen LogP contribution in [0.5, 0.6) is 0 Å². The Bertz CT molecular complexity index is 1190. The van der Waals surface area contributed by atoms with Crippen molar-refractivity contribution in [3.8, 4) is 12.0 Å². The maximum Gasteiger partial charge on any atom is 0.287 e. The minimum absolute atomic E-state index is 0.127. The number of nitrogens with one attached hydrogen (secondary N) is 1. The van der Waals surface area contributed by atoms with Gasteiger partial charge in [0.2, 0.25) is 11.6 Å². The molecule has 0 saturated carbocycles. The third-order valence-corrected chi connectivity index (χ3v) is 4.51. The average Bonchev–Trinajstić information content (AvgIpc) is 3.03. The van der Waals surface area contributed by atoms with Gasteiger partial charge in [0.05, 0.1) is 24.0 Å². The fourth-order valence-electron chi connectivity index (χ4n) is 3.10. The quantitative estimate of drug-likeness (QED) is 0.695. The number of halogens is 3. The second kappa shape index (κ2) is 6.65. The van der Waals surface area contributed by atoms with Crippen molar-refractivity contribution in [2.45, 2.75) is 25.4 Å². The summed E-state index contributed by atoms with van der Waals surface area (Å²) in [4.78, 5) is 25.0. The number of alkyl halides is 3. The van der Waals surface area contributed by atoms with Gasteiger partial charge in [-0.25, -0.2) is 19.3 Å². The molecule has 3 aromatic heterocycles. The molecule has 1 fully saturated rings. The van der Waals surface area contributed by atoms with Crippen LogP contribution < -0.4 is 10.2 Å². The highest BCUT2D eigenvalue weighted by Gasteiger charge is 2.45. The molecule has 0 aromatic carbocycles. The highest BCUT2D eigenvalue weighted by molar-refractivity contribution is 5.95. The molecule has 1 N–H and O–H groups in total. The van der Waals surface area contributed by atoms with E-state index in [1.54, 1.807) is 6.07 Å². The number of hydrogen-bond acceptors (Lipinski definition) is 7. The normalized spacial score (nSPS) is 15.5. The van der Waals surface area contributed by atoms with Gasteiger partial charge in [-0.05, 0) is 6.07 Å². The topological polar surface area (TPSA) is 113 Å². The van der Waals surface area contributed by atoms with E-state index in [4.69, 9.17) is 5.26 Å². The summed E-state index contributed by atoms with van der Waals surface area (Å²) >= 11 is 0. The van der Waals surface area contributed by atoms with Gasteiger partial charge in [-0.15, -0.1) is 5.10 Å². The first-order valence-electron chi connectivity index (χ1n) is 8.83. The number of hydrogen-bond donors (Lipinski definition) is 1. The summed E-state index contributed by atoms with van der Waals surface area (Å²) in [6, 6.07) is 4.19. The fraction of sp³-hybridized carbons (Fsp3) is 0.333. The largest absolute Gasteiger partial charge is 0.346 e. The fourth-order valence-corrected chi connectivity index (χ4v) is 3.10. The summed E-state index contributed by atoms with van der Waals surface area (Å²) in [6.07, 6.45) is 2.60. The molecule has 1 aliphatic heterocycles. The predicted molar refractivity (Wildman–Crippen MR) is 100.0 cm³/mol. The summed E-state index contributed by atoms with van der Waals surface area (Å²) in [5, 5.41) is 16.3. The molecule has 0 radical (unpaired) electrons. The lowest BCUT2D eigenvalue weighted by molar-refractivity contribution is -0.114. The van der Waals surface area contributed by atoms with Crippen LogP contribution in [-0.4, -0.2) is 49.4 Å². The first-order valence-corrected chi connectivity index (χ1v) is 8.83. The van der Waals surface area contributed by atoms with E-state index in [1.165, 1.54) is 35.0 Å². The summed E-state index contributed by atoms with van der Waals surface area (Å²) in [7, 11) is 0. The van der Waals surface area contributed by atoms with E-state index in [9.17, 15) is 18.0 Å². The van der Waals surface area contributed by atoms with Gasteiger partial charge < -0.3 is 10.2 Å². The van der Waals surface area contributed by atoms with Crippen molar-refractivity contribution in [3.05, 3.63) is 30.2 Å². The number of pyridine rings is 1. The number of anilines is 2. The lowest BCUT2D eigenvalue weighted by Crippen LogP contribution is -2.58. The van der Waals surface area contributed by atoms with E-state index in [-0.39, 0.29) is 30.8 Å². The highest BCUT2D eigenvalue weighted by atomic mass is 19.3. The van der Waals surface area contributed by atoms with Gasteiger partial charge in [0.25, 0.3) is 11.9 Å². The average molecular weight is 416 g/mol. The Hall–Kier alpha value is -3.75. The van der Waals surface area contributed by atoms with E-state index in [0.29, 0.717) is 23.6 Å². The molecule has 3 aromatic rings. The number of carbonyl (C=O) groups is 1. The van der Waals surface area contributed by atoms with Crippen LogP contribution in [0.3, 0.4) is 0 Å². The Labute approximate surface area is 168 Å². The maximum atomic E-state index is 14.1. The zero-order valence-electron chi connectivity index (χ0n) is 15.9. The van der Waals surface area contributed by atoms with Crippen molar-refractivity contribution >= 4 is 28.4 Å². The van der Waals surface area contributed by atoms with Crippen LogP contribution >= 0.6 is 0 Å². The van der Waals surface area contributed by atoms with Gasteiger partial charge in [-0.3, -0.25) is 4.79 Å². The van der Waals surface area contributed by atoms with Crippen molar-refractivity contribution in [1.82, 2.24) is 24.7 Å². The Kier molecular flexibility index (Phi) is 4.34. The van der Waals surface area contributed by atoms with Crippen LogP contribution in [0.15, 0.2) is 24.5 Å². The second-order valence-electron chi connectivity index (χ2n) is 7.07. The smallest absolute Gasteiger partial charge is 0.287 e. The van der Waals surface area contributed by atoms with E-state index in [1.807, 2.05) is 0 Å². The van der Waals surface area contributed by atoms with Crippen LogP contribution in [0, 0.1) is 11.3 Å².